The Labute approximate surface area is 197 Å². The molecule has 10 nitrogen and oxygen atoms in total. The van der Waals surface area contributed by atoms with Gasteiger partial charge in [0.1, 0.15) is 0 Å². The van der Waals surface area contributed by atoms with Crippen molar-refractivity contribution in [2.45, 2.75) is 44.0 Å². The summed E-state index contributed by atoms with van der Waals surface area (Å²) < 4.78 is 16.8. The normalized spacial score (nSPS) is 20.8. The maximum Gasteiger partial charge on any atom is 0.263 e. The maximum atomic E-state index is 11.5. The number of ether oxygens (including phenoxy) is 3. The fraction of sp³-hybridized carbons (Fsp3) is 0.417. The zero-order valence-corrected chi connectivity index (χ0v) is 19.0. The Morgan fingerprint density at radius 1 is 1.24 bits per heavy atom. The van der Waals surface area contributed by atoms with Crippen molar-refractivity contribution in [3.05, 3.63) is 47.8 Å². The average Bonchev–Trinajstić information content (AvgIpc) is 2.87. The molecule has 34 heavy (non-hydrogen) atoms. The van der Waals surface area contributed by atoms with Crippen LogP contribution in [0.25, 0.3) is 11.0 Å². The van der Waals surface area contributed by atoms with Crippen molar-refractivity contribution >= 4 is 22.8 Å². The van der Waals surface area contributed by atoms with Gasteiger partial charge in [0.2, 0.25) is 5.88 Å². The molecule has 0 aromatic carbocycles. The van der Waals surface area contributed by atoms with E-state index in [0.29, 0.717) is 37.0 Å². The Kier molecular flexibility index (Phi) is 6.52. The zero-order chi connectivity index (χ0) is 23.5. The van der Waals surface area contributed by atoms with Crippen LogP contribution in [0.4, 0.5) is 5.82 Å². The third-order valence-electron chi connectivity index (χ3n) is 6.20. The highest BCUT2D eigenvalue weighted by Gasteiger charge is 2.27. The summed E-state index contributed by atoms with van der Waals surface area (Å²) >= 11 is 0. The average molecular weight is 465 g/mol. The van der Waals surface area contributed by atoms with Crippen molar-refractivity contribution in [2.75, 3.05) is 25.6 Å². The number of amides is 1. The summed E-state index contributed by atoms with van der Waals surface area (Å²) in [4.78, 5) is 24.9. The third kappa shape index (κ3) is 4.93. The van der Waals surface area contributed by atoms with Crippen molar-refractivity contribution < 1.29 is 19.0 Å². The van der Waals surface area contributed by atoms with Crippen molar-refractivity contribution in [1.82, 2.24) is 20.3 Å². The largest absolute Gasteiger partial charge is 0.481 e. The molecule has 4 N–H and O–H groups in total. The van der Waals surface area contributed by atoms with Crippen LogP contribution in [0.3, 0.4) is 0 Å². The first-order chi connectivity index (χ1) is 16.6. The Morgan fingerprint density at radius 3 is 2.97 bits per heavy atom. The van der Waals surface area contributed by atoms with E-state index in [1.165, 1.54) is 0 Å². The summed E-state index contributed by atoms with van der Waals surface area (Å²) in [5, 5.41) is 6.22. The van der Waals surface area contributed by atoms with Crippen LogP contribution >= 0.6 is 0 Å². The monoisotopic (exact) mass is 464 g/mol. The van der Waals surface area contributed by atoms with Gasteiger partial charge in [-0.05, 0) is 49.1 Å². The van der Waals surface area contributed by atoms with Gasteiger partial charge in [0.15, 0.2) is 18.2 Å². The molecule has 0 unspecified atom stereocenters. The van der Waals surface area contributed by atoms with Crippen molar-refractivity contribution in [3.8, 4) is 11.6 Å². The minimum Gasteiger partial charge on any atom is -0.481 e. The number of pyridine rings is 3. The lowest BCUT2D eigenvalue weighted by atomic mass is 9.95. The number of nitrogens with one attached hydrogen (secondary N) is 2. The van der Waals surface area contributed by atoms with E-state index in [-0.39, 0.29) is 30.7 Å². The van der Waals surface area contributed by atoms with E-state index < -0.39 is 0 Å². The molecule has 1 fully saturated rings. The molecule has 1 amide bonds. The molecule has 0 radical (unpaired) electrons. The van der Waals surface area contributed by atoms with Crippen LogP contribution in [0, 0.1) is 0 Å². The van der Waals surface area contributed by atoms with E-state index in [1.807, 2.05) is 24.3 Å². The number of methoxy groups -OCH3 is 1. The van der Waals surface area contributed by atoms with Gasteiger partial charge < -0.3 is 30.6 Å². The van der Waals surface area contributed by atoms with E-state index in [4.69, 9.17) is 19.9 Å². The van der Waals surface area contributed by atoms with Crippen molar-refractivity contribution in [3.63, 3.8) is 0 Å². The molecule has 0 spiro atoms. The number of rotatable bonds is 7. The number of carbonyl (C=O) groups excluding carboxylic acids is 1. The fourth-order valence-electron chi connectivity index (χ4n) is 4.35. The Morgan fingerprint density at radius 2 is 2.15 bits per heavy atom. The van der Waals surface area contributed by atoms with Crippen LogP contribution in [0.2, 0.25) is 0 Å². The van der Waals surface area contributed by atoms with E-state index in [9.17, 15) is 4.79 Å². The predicted octanol–water partition coefficient (Wildman–Crippen LogP) is 1.57. The lowest BCUT2D eigenvalue weighted by molar-refractivity contribution is -0.118. The first-order valence-corrected chi connectivity index (χ1v) is 11.4. The van der Waals surface area contributed by atoms with Crippen molar-refractivity contribution in [1.29, 1.82) is 0 Å². The SMILES string of the molecule is COc1ccc2nccc(C[C@@H](N)[C@@H]3CC[C@@H](NCc4ccc5c(n4)NC(=O)CO5)CO3)c2n1. The number of aromatic nitrogens is 3. The second kappa shape index (κ2) is 9.88. The first kappa shape index (κ1) is 22.5. The first-order valence-electron chi connectivity index (χ1n) is 11.4. The van der Waals surface area contributed by atoms with E-state index in [1.54, 1.807) is 19.4 Å². The molecule has 2 aliphatic heterocycles. The van der Waals surface area contributed by atoms with Gasteiger partial charge in [-0.25, -0.2) is 9.97 Å². The van der Waals surface area contributed by atoms with Gasteiger partial charge in [0.25, 0.3) is 5.91 Å². The zero-order valence-electron chi connectivity index (χ0n) is 19.0. The second-order valence-electron chi connectivity index (χ2n) is 8.57. The fourth-order valence-corrected chi connectivity index (χ4v) is 4.35. The summed E-state index contributed by atoms with van der Waals surface area (Å²) in [7, 11) is 1.60. The molecule has 1 saturated heterocycles. The highest BCUT2D eigenvalue weighted by molar-refractivity contribution is 5.94. The molecule has 0 aliphatic carbocycles. The topological polar surface area (TPSA) is 134 Å². The van der Waals surface area contributed by atoms with Gasteiger partial charge in [0.05, 0.1) is 36.5 Å². The van der Waals surface area contributed by atoms with E-state index in [2.05, 4.69) is 25.6 Å². The number of nitrogens with two attached hydrogens (primary N) is 1. The third-order valence-corrected chi connectivity index (χ3v) is 6.20. The molecule has 3 aromatic heterocycles. The molecular weight excluding hydrogens is 436 g/mol. The lowest BCUT2D eigenvalue weighted by Crippen LogP contribution is -2.47. The number of nitrogens with zero attached hydrogens (tertiary/aromatic N) is 3. The standard InChI is InChI=1S/C24H28N6O4/c1-32-22-7-4-18-23(30-22)14(8-9-26-18)10-17(25)19-5-3-16(12-33-19)27-11-15-2-6-20-24(28-15)29-21(31)13-34-20/h2,4,6-9,16-17,19,27H,3,5,10-13,25H2,1H3,(H,28,29,31)/t16-,17-,19+/m1/s1. The van der Waals surface area contributed by atoms with E-state index >= 15 is 0 Å². The Hall–Kier alpha value is -3.34. The van der Waals surface area contributed by atoms with E-state index in [0.717, 1.165) is 35.1 Å². The minimum atomic E-state index is -0.192. The molecule has 178 valence electrons. The highest BCUT2D eigenvalue weighted by Crippen LogP contribution is 2.26. The maximum absolute atomic E-state index is 11.5. The molecule has 0 saturated carbocycles. The molecule has 5 rings (SSSR count). The van der Waals surface area contributed by atoms with Gasteiger partial charge in [-0.2, -0.15) is 0 Å². The summed E-state index contributed by atoms with van der Waals surface area (Å²) in [5.74, 6) is 1.43. The molecule has 3 aromatic rings. The summed E-state index contributed by atoms with van der Waals surface area (Å²) in [5.41, 5.74) is 10.0. The van der Waals surface area contributed by atoms with Gasteiger partial charge in [-0.3, -0.25) is 9.78 Å². The minimum absolute atomic E-state index is 0.0249. The van der Waals surface area contributed by atoms with Crippen LogP contribution in [-0.4, -0.2) is 59.4 Å². The molecule has 2 aliphatic rings. The molecule has 5 heterocycles. The van der Waals surface area contributed by atoms with Crippen LogP contribution in [0.1, 0.15) is 24.1 Å². The number of carbonyl (C=O) groups is 1. The van der Waals surface area contributed by atoms with Crippen LogP contribution in [0.5, 0.6) is 11.6 Å². The lowest BCUT2D eigenvalue weighted by Gasteiger charge is -2.33. The highest BCUT2D eigenvalue weighted by atomic mass is 16.5. The van der Waals surface area contributed by atoms with Crippen molar-refractivity contribution in [2.24, 2.45) is 5.73 Å². The number of hydrogen-bond acceptors (Lipinski definition) is 9. The smallest absolute Gasteiger partial charge is 0.263 e. The predicted molar refractivity (Wildman–Crippen MR) is 126 cm³/mol. The summed E-state index contributed by atoms with van der Waals surface area (Å²) in [6.07, 6.45) is 4.22. The van der Waals surface area contributed by atoms with Gasteiger partial charge in [-0.1, -0.05) is 0 Å². The molecular formula is C24H28N6O4. The molecule has 0 bridgehead atoms. The van der Waals surface area contributed by atoms with Gasteiger partial charge in [0, 0.05) is 30.9 Å². The second-order valence-corrected chi connectivity index (χ2v) is 8.57. The number of fused-ring (bicyclic) bond motifs is 2. The van der Waals surface area contributed by atoms with Gasteiger partial charge in [-0.15, -0.1) is 0 Å². The molecule has 10 heteroatoms. The Bertz CT molecular complexity index is 1180. The quantitative estimate of drug-likeness (QED) is 0.476. The molecule has 3 atom stereocenters. The van der Waals surface area contributed by atoms with Crippen LogP contribution in [-0.2, 0) is 22.5 Å². The van der Waals surface area contributed by atoms with Crippen LogP contribution < -0.4 is 25.8 Å². The van der Waals surface area contributed by atoms with Crippen LogP contribution in [0.15, 0.2) is 36.5 Å². The summed E-state index contributed by atoms with van der Waals surface area (Å²) in [6.45, 7) is 1.17. The number of anilines is 1. The van der Waals surface area contributed by atoms with Gasteiger partial charge >= 0.3 is 0 Å². The number of hydrogen-bond donors (Lipinski definition) is 3. The Balaban J connectivity index is 1.14. The summed E-state index contributed by atoms with van der Waals surface area (Å²) in [6, 6.07) is 9.46.